The molecule has 5 nitrogen and oxygen atoms in total. The summed E-state index contributed by atoms with van der Waals surface area (Å²) in [4.78, 5) is 21.7. The zero-order valence-electron chi connectivity index (χ0n) is 11.2. The third-order valence-electron chi connectivity index (χ3n) is 2.87. The number of carbonyl (C=O) groups excluding carboxylic acids is 1. The number of halogens is 4. The quantitative estimate of drug-likeness (QED) is 0.526. The van der Waals surface area contributed by atoms with E-state index in [0.717, 1.165) is 30.3 Å². The van der Waals surface area contributed by atoms with Crippen molar-refractivity contribution in [3.05, 3.63) is 69.5 Å². The Kier molecular flexibility index (Phi) is 4.30. The second-order valence-corrected chi connectivity index (χ2v) is 4.45. The molecule has 0 heterocycles. The Morgan fingerprint density at radius 3 is 2.22 bits per heavy atom. The van der Waals surface area contributed by atoms with Crippen molar-refractivity contribution in [3.63, 3.8) is 0 Å². The first-order valence-electron chi connectivity index (χ1n) is 6.11. The molecule has 0 fully saturated rings. The van der Waals surface area contributed by atoms with Gasteiger partial charge >= 0.3 is 6.18 Å². The molecular formula is C14H8F4N2O3. The molecule has 0 spiro atoms. The zero-order valence-corrected chi connectivity index (χ0v) is 11.2. The molecule has 0 aliphatic rings. The molecule has 0 saturated carbocycles. The SMILES string of the molecule is O=C(Nc1ccc(F)c(C(F)(F)F)c1)c1ccc([N+](=O)[O-])cc1. The Morgan fingerprint density at radius 2 is 1.70 bits per heavy atom. The monoisotopic (exact) mass is 328 g/mol. The number of nitrogens with one attached hydrogen (secondary N) is 1. The van der Waals surface area contributed by atoms with E-state index in [1.165, 1.54) is 0 Å². The highest BCUT2D eigenvalue weighted by Crippen LogP contribution is 2.33. The van der Waals surface area contributed by atoms with Gasteiger partial charge < -0.3 is 5.32 Å². The molecule has 0 radical (unpaired) electrons. The molecule has 0 aliphatic heterocycles. The second-order valence-electron chi connectivity index (χ2n) is 4.45. The Morgan fingerprint density at radius 1 is 1.09 bits per heavy atom. The number of nitro benzene ring substituents is 1. The van der Waals surface area contributed by atoms with Gasteiger partial charge in [0.05, 0.1) is 10.5 Å². The van der Waals surface area contributed by atoms with Crippen LogP contribution in [0.25, 0.3) is 0 Å². The van der Waals surface area contributed by atoms with Crippen molar-refractivity contribution in [1.29, 1.82) is 0 Å². The van der Waals surface area contributed by atoms with Gasteiger partial charge in [-0.2, -0.15) is 13.2 Å². The van der Waals surface area contributed by atoms with Gasteiger partial charge in [-0.3, -0.25) is 14.9 Å². The summed E-state index contributed by atoms with van der Waals surface area (Å²) in [5.74, 6) is -2.23. The summed E-state index contributed by atoms with van der Waals surface area (Å²) in [5, 5.41) is 12.7. The summed E-state index contributed by atoms with van der Waals surface area (Å²) in [5.41, 5.74) is -1.97. The van der Waals surface area contributed by atoms with Crippen LogP contribution in [0.3, 0.4) is 0 Å². The summed E-state index contributed by atoms with van der Waals surface area (Å²) in [6, 6.07) is 6.52. The van der Waals surface area contributed by atoms with E-state index in [1.807, 2.05) is 0 Å². The first-order valence-corrected chi connectivity index (χ1v) is 6.11. The zero-order chi connectivity index (χ0) is 17.2. The molecule has 2 aromatic rings. The van der Waals surface area contributed by atoms with Gasteiger partial charge in [0.2, 0.25) is 0 Å². The maximum absolute atomic E-state index is 13.1. The molecule has 0 bridgehead atoms. The lowest BCUT2D eigenvalue weighted by Gasteiger charge is -2.11. The maximum Gasteiger partial charge on any atom is 0.419 e. The van der Waals surface area contributed by atoms with Crippen LogP contribution < -0.4 is 5.32 Å². The van der Waals surface area contributed by atoms with Crippen molar-refractivity contribution in [1.82, 2.24) is 0 Å². The van der Waals surface area contributed by atoms with E-state index < -0.39 is 28.4 Å². The minimum atomic E-state index is -4.89. The van der Waals surface area contributed by atoms with Crippen LogP contribution in [-0.2, 0) is 6.18 Å². The van der Waals surface area contributed by atoms with E-state index in [1.54, 1.807) is 0 Å². The van der Waals surface area contributed by atoms with Crippen LogP contribution in [0.2, 0.25) is 0 Å². The molecule has 1 amide bonds. The van der Waals surface area contributed by atoms with Gasteiger partial charge in [-0.05, 0) is 30.3 Å². The fourth-order valence-electron chi connectivity index (χ4n) is 1.76. The van der Waals surface area contributed by atoms with Crippen LogP contribution in [-0.4, -0.2) is 10.8 Å². The highest BCUT2D eigenvalue weighted by atomic mass is 19.4. The van der Waals surface area contributed by atoms with Crippen molar-refractivity contribution in [2.75, 3.05) is 5.32 Å². The van der Waals surface area contributed by atoms with Gasteiger partial charge in [0.15, 0.2) is 0 Å². The fraction of sp³-hybridized carbons (Fsp3) is 0.0714. The van der Waals surface area contributed by atoms with Crippen LogP contribution >= 0.6 is 0 Å². The Hall–Kier alpha value is -2.97. The Bertz CT molecular complexity index is 758. The van der Waals surface area contributed by atoms with Crippen molar-refractivity contribution >= 4 is 17.3 Å². The molecular weight excluding hydrogens is 320 g/mol. The molecule has 23 heavy (non-hydrogen) atoms. The van der Waals surface area contributed by atoms with Crippen molar-refractivity contribution in [2.45, 2.75) is 6.18 Å². The minimum Gasteiger partial charge on any atom is -0.322 e. The van der Waals surface area contributed by atoms with E-state index >= 15 is 0 Å². The number of anilines is 1. The molecule has 0 aliphatic carbocycles. The number of hydrogen-bond acceptors (Lipinski definition) is 3. The number of amides is 1. The highest BCUT2D eigenvalue weighted by Gasteiger charge is 2.34. The van der Waals surface area contributed by atoms with Crippen LogP contribution in [0.4, 0.5) is 28.9 Å². The topological polar surface area (TPSA) is 72.2 Å². The average Bonchev–Trinajstić information content (AvgIpc) is 2.48. The number of hydrogen-bond donors (Lipinski definition) is 1. The number of non-ortho nitro benzene ring substituents is 1. The van der Waals surface area contributed by atoms with Gasteiger partial charge in [0, 0.05) is 23.4 Å². The van der Waals surface area contributed by atoms with Gasteiger partial charge in [0.1, 0.15) is 5.82 Å². The van der Waals surface area contributed by atoms with E-state index in [2.05, 4.69) is 5.32 Å². The van der Waals surface area contributed by atoms with Crippen LogP contribution in [0.1, 0.15) is 15.9 Å². The normalized spacial score (nSPS) is 11.1. The van der Waals surface area contributed by atoms with E-state index in [0.29, 0.717) is 12.1 Å². The van der Waals surface area contributed by atoms with Gasteiger partial charge in [-0.15, -0.1) is 0 Å². The van der Waals surface area contributed by atoms with E-state index in [-0.39, 0.29) is 16.9 Å². The molecule has 2 rings (SSSR count). The summed E-state index contributed by atoms with van der Waals surface area (Å²) in [6.45, 7) is 0. The number of rotatable bonds is 3. The van der Waals surface area contributed by atoms with Crippen molar-refractivity contribution in [3.8, 4) is 0 Å². The summed E-state index contributed by atoms with van der Waals surface area (Å²) in [6.07, 6.45) is -4.89. The molecule has 9 heteroatoms. The lowest BCUT2D eigenvalue weighted by atomic mass is 10.1. The lowest BCUT2D eigenvalue weighted by molar-refractivity contribution is -0.384. The Balaban J connectivity index is 2.22. The van der Waals surface area contributed by atoms with Crippen LogP contribution in [0.15, 0.2) is 42.5 Å². The fourth-order valence-corrected chi connectivity index (χ4v) is 1.76. The van der Waals surface area contributed by atoms with Crippen molar-refractivity contribution in [2.24, 2.45) is 0 Å². The highest BCUT2D eigenvalue weighted by molar-refractivity contribution is 6.04. The third kappa shape index (κ3) is 3.82. The predicted octanol–water partition coefficient (Wildman–Crippen LogP) is 4.01. The van der Waals surface area contributed by atoms with Crippen molar-refractivity contribution < 1.29 is 27.3 Å². The standard InChI is InChI=1S/C14H8F4N2O3/c15-12-6-3-9(7-11(12)14(16,17)18)19-13(21)8-1-4-10(5-2-8)20(22)23/h1-7H,(H,19,21). The van der Waals surface area contributed by atoms with E-state index in [9.17, 15) is 32.5 Å². The summed E-state index contributed by atoms with van der Waals surface area (Å²) >= 11 is 0. The van der Waals surface area contributed by atoms with Gasteiger partial charge in [-0.1, -0.05) is 0 Å². The first-order chi connectivity index (χ1) is 10.7. The predicted molar refractivity (Wildman–Crippen MR) is 72.5 cm³/mol. The number of carbonyl (C=O) groups is 1. The molecule has 0 unspecified atom stereocenters. The number of nitro groups is 1. The molecule has 2 aromatic carbocycles. The van der Waals surface area contributed by atoms with Gasteiger partial charge in [-0.25, -0.2) is 4.39 Å². The lowest BCUT2D eigenvalue weighted by Crippen LogP contribution is -2.14. The molecule has 0 atom stereocenters. The van der Waals surface area contributed by atoms with Crippen LogP contribution in [0.5, 0.6) is 0 Å². The summed E-state index contributed by atoms with van der Waals surface area (Å²) < 4.78 is 50.9. The molecule has 0 aromatic heterocycles. The molecule has 120 valence electrons. The second kappa shape index (κ2) is 6.03. The van der Waals surface area contributed by atoms with E-state index in [4.69, 9.17) is 0 Å². The number of alkyl halides is 3. The molecule has 1 N–H and O–H groups in total. The largest absolute Gasteiger partial charge is 0.419 e. The maximum atomic E-state index is 13.1. The Labute approximate surface area is 126 Å². The first kappa shape index (κ1) is 16.4. The minimum absolute atomic E-state index is 0.00786. The summed E-state index contributed by atoms with van der Waals surface area (Å²) in [7, 11) is 0. The number of nitrogens with zero attached hydrogens (tertiary/aromatic N) is 1. The molecule has 0 saturated heterocycles. The average molecular weight is 328 g/mol. The smallest absolute Gasteiger partial charge is 0.322 e. The number of benzene rings is 2. The van der Waals surface area contributed by atoms with Crippen LogP contribution in [0, 0.1) is 15.9 Å². The third-order valence-corrected chi connectivity index (χ3v) is 2.87. The van der Waals surface area contributed by atoms with Gasteiger partial charge in [0.25, 0.3) is 11.6 Å².